The molecule has 7 heteroatoms. The van der Waals surface area contributed by atoms with E-state index in [9.17, 15) is 4.79 Å². The van der Waals surface area contributed by atoms with Gasteiger partial charge >= 0.3 is 0 Å². The van der Waals surface area contributed by atoms with Crippen molar-refractivity contribution < 1.29 is 4.79 Å². The Balaban J connectivity index is 0.00000121. The molecule has 0 unspecified atom stereocenters. The number of aryl methyl sites for hydroxylation is 2. The van der Waals surface area contributed by atoms with Gasteiger partial charge in [0, 0.05) is 18.8 Å². The maximum Gasteiger partial charge on any atom is 0.244 e. The second kappa shape index (κ2) is 8.18. The highest BCUT2D eigenvalue weighted by atomic mass is 35.5. The summed E-state index contributed by atoms with van der Waals surface area (Å²) in [7, 11) is 0. The molecule has 0 aliphatic carbocycles. The number of carbonyl (C=O) groups excluding carboxylic acids is 1. The zero-order valence-corrected chi connectivity index (χ0v) is 14.9. The first-order chi connectivity index (χ1) is 9.63. The predicted octanol–water partition coefficient (Wildman–Crippen LogP) is 1.80. The highest BCUT2D eigenvalue weighted by Crippen LogP contribution is 2.27. The molecule has 5 nitrogen and oxygen atoms in total. The zero-order valence-electron chi connectivity index (χ0n) is 13.2. The van der Waals surface area contributed by atoms with Crippen LogP contribution < -0.4 is 5.32 Å². The molecule has 1 aromatic heterocycles. The largest absolute Gasteiger partial charge is 0.341 e. The van der Waals surface area contributed by atoms with Gasteiger partial charge in [0.1, 0.15) is 6.54 Å². The Morgan fingerprint density at radius 2 is 1.82 bits per heavy atom. The van der Waals surface area contributed by atoms with E-state index in [0.29, 0.717) is 6.54 Å². The molecule has 3 rings (SSSR count). The molecule has 1 aromatic rings. The molecule has 0 saturated carbocycles. The third-order valence-electron chi connectivity index (χ3n) is 4.76. The van der Waals surface area contributed by atoms with E-state index in [4.69, 9.17) is 0 Å². The summed E-state index contributed by atoms with van der Waals surface area (Å²) in [5, 5.41) is 7.85. The first-order valence-corrected chi connectivity index (χ1v) is 7.63. The van der Waals surface area contributed by atoms with Gasteiger partial charge in [0.05, 0.1) is 5.69 Å². The second-order valence-corrected chi connectivity index (χ2v) is 6.22. The van der Waals surface area contributed by atoms with Crippen molar-refractivity contribution in [2.45, 2.75) is 33.2 Å². The number of aromatic nitrogens is 2. The molecular formula is C15H26Cl2N4O. The van der Waals surface area contributed by atoms with E-state index in [1.54, 1.807) is 0 Å². The molecule has 3 heterocycles. The van der Waals surface area contributed by atoms with Crippen molar-refractivity contribution in [3.8, 4) is 0 Å². The lowest BCUT2D eigenvalue weighted by Crippen LogP contribution is -2.35. The van der Waals surface area contributed by atoms with Crippen LogP contribution in [0.3, 0.4) is 0 Å². The smallest absolute Gasteiger partial charge is 0.244 e. The van der Waals surface area contributed by atoms with Crippen LogP contribution in [-0.4, -0.2) is 46.8 Å². The number of rotatable bonds is 2. The van der Waals surface area contributed by atoms with Crippen LogP contribution in [0.5, 0.6) is 0 Å². The summed E-state index contributed by atoms with van der Waals surface area (Å²) < 4.78 is 1.82. The van der Waals surface area contributed by atoms with Crippen molar-refractivity contribution in [1.82, 2.24) is 20.0 Å². The van der Waals surface area contributed by atoms with E-state index < -0.39 is 0 Å². The SMILES string of the molecule is Cc1cc(C)n(CC(=O)N2CC[C@@H]3CNC[C@@H]3CC2)n1.Cl.Cl. The molecule has 0 radical (unpaired) electrons. The summed E-state index contributed by atoms with van der Waals surface area (Å²) in [6.45, 7) is 8.42. The fourth-order valence-corrected chi connectivity index (χ4v) is 3.53. The summed E-state index contributed by atoms with van der Waals surface area (Å²) in [4.78, 5) is 14.5. The van der Waals surface area contributed by atoms with Crippen molar-refractivity contribution in [2.75, 3.05) is 26.2 Å². The molecule has 0 aromatic carbocycles. The van der Waals surface area contributed by atoms with Gasteiger partial charge in [0.15, 0.2) is 0 Å². The molecule has 126 valence electrons. The Bertz CT molecular complexity index is 492. The Labute approximate surface area is 144 Å². The molecule has 2 saturated heterocycles. The molecule has 2 aliphatic rings. The Hall–Kier alpha value is -0.780. The number of nitrogens with one attached hydrogen (secondary N) is 1. The highest BCUT2D eigenvalue weighted by molar-refractivity contribution is 5.85. The zero-order chi connectivity index (χ0) is 14.1. The van der Waals surface area contributed by atoms with Gasteiger partial charge in [-0.3, -0.25) is 9.48 Å². The summed E-state index contributed by atoms with van der Waals surface area (Å²) >= 11 is 0. The monoisotopic (exact) mass is 348 g/mol. The Morgan fingerprint density at radius 3 is 2.32 bits per heavy atom. The minimum Gasteiger partial charge on any atom is -0.341 e. The Kier molecular flexibility index (Phi) is 7.16. The molecule has 22 heavy (non-hydrogen) atoms. The van der Waals surface area contributed by atoms with Crippen molar-refractivity contribution in [3.05, 3.63) is 17.5 Å². The molecule has 0 spiro atoms. The van der Waals surface area contributed by atoms with Crippen LogP contribution in [0.25, 0.3) is 0 Å². The number of fused-ring (bicyclic) bond motifs is 1. The van der Waals surface area contributed by atoms with Crippen molar-refractivity contribution >= 4 is 30.7 Å². The molecule has 1 N–H and O–H groups in total. The van der Waals surface area contributed by atoms with Crippen LogP contribution in [0.2, 0.25) is 0 Å². The lowest BCUT2D eigenvalue weighted by atomic mass is 9.92. The van der Waals surface area contributed by atoms with E-state index in [0.717, 1.165) is 62.2 Å². The van der Waals surface area contributed by atoms with Gasteiger partial charge in [-0.05, 0) is 57.7 Å². The van der Waals surface area contributed by atoms with E-state index >= 15 is 0 Å². The van der Waals surface area contributed by atoms with Gasteiger partial charge in [-0.2, -0.15) is 5.10 Å². The second-order valence-electron chi connectivity index (χ2n) is 6.22. The van der Waals surface area contributed by atoms with Gasteiger partial charge in [-0.1, -0.05) is 0 Å². The normalized spacial score (nSPS) is 24.0. The Morgan fingerprint density at radius 1 is 1.23 bits per heavy atom. The lowest BCUT2D eigenvalue weighted by Gasteiger charge is -2.21. The van der Waals surface area contributed by atoms with Crippen LogP contribution in [0.4, 0.5) is 0 Å². The maximum atomic E-state index is 12.5. The summed E-state index contributed by atoms with van der Waals surface area (Å²) in [5.41, 5.74) is 2.04. The average Bonchev–Trinajstić information content (AvgIpc) is 2.91. The number of nitrogens with zero attached hydrogens (tertiary/aromatic N) is 3. The van der Waals surface area contributed by atoms with Gasteiger partial charge in [0.2, 0.25) is 5.91 Å². The van der Waals surface area contributed by atoms with E-state index in [2.05, 4.69) is 10.4 Å². The van der Waals surface area contributed by atoms with Crippen LogP contribution in [0.15, 0.2) is 6.07 Å². The predicted molar refractivity (Wildman–Crippen MR) is 91.9 cm³/mol. The number of amides is 1. The fraction of sp³-hybridized carbons (Fsp3) is 0.733. The van der Waals surface area contributed by atoms with Gasteiger partial charge < -0.3 is 10.2 Å². The van der Waals surface area contributed by atoms with Crippen LogP contribution in [0.1, 0.15) is 24.2 Å². The summed E-state index contributed by atoms with van der Waals surface area (Å²) in [5.74, 6) is 1.74. The number of hydrogen-bond acceptors (Lipinski definition) is 3. The van der Waals surface area contributed by atoms with E-state index in [-0.39, 0.29) is 30.7 Å². The first kappa shape index (κ1) is 19.3. The van der Waals surface area contributed by atoms with Gasteiger partial charge in [-0.15, -0.1) is 24.8 Å². The topological polar surface area (TPSA) is 50.2 Å². The number of halogens is 2. The number of likely N-dealkylation sites (tertiary alicyclic amines) is 1. The molecule has 2 atom stereocenters. The van der Waals surface area contributed by atoms with Gasteiger partial charge in [0.25, 0.3) is 0 Å². The minimum atomic E-state index is 0. The van der Waals surface area contributed by atoms with Crippen LogP contribution >= 0.6 is 24.8 Å². The number of carbonyl (C=O) groups is 1. The third-order valence-corrected chi connectivity index (χ3v) is 4.76. The molecule has 2 fully saturated rings. The van der Waals surface area contributed by atoms with Crippen molar-refractivity contribution in [1.29, 1.82) is 0 Å². The van der Waals surface area contributed by atoms with Gasteiger partial charge in [-0.25, -0.2) is 0 Å². The van der Waals surface area contributed by atoms with E-state index in [1.165, 1.54) is 0 Å². The van der Waals surface area contributed by atoms with Crippen molar-refractivity contribution in [3.63, 3.8) is 0 Å². The highest BCUT2D eigenvalue weighted by Gasteiger charge is 2.31. The lowest BCUT2D eigenvalue weighted by molar-refractivity contribution is -0.132. The van der Waals surface area contributed by atoms with Crippen LogP contribution in [0, 0.1) is 25.7 Å². The maximum absolute atomic E-state index is 12.5. The molecular weight excluding hydrogens is 323 g/mol. The summed E-state index contributed by atoms with van der Waals surface area (Å²) in [6, 6.07) is 2.02. The number of hydrogen-bond donors (Lipinski definition) is 1. The van der Waals surface area contributed by atoms with E-state index in [1.807, 2.05) is 29.5 Å². The quantitative estimate of drug-likeness (QED) is 0.886. The standard InChI is InChI=1S/C15H24N4O.2ClH/c1-11-7-12(2)19(17-11)10-15(20)18-5-3-13-8-16-9-14(13)4-6-18;;/h7,13-14,16H,3-6,8-10H2,1-2H3;2*1H/t13-,14+;;. The minimum absolute atomic E-state index is 0. The summed E-state index contributed by atoms with van der Waals surface area (Å²) in [6.07, 6.45) is 2.28. The molecule has 0 bridgehead atoms. The third kappa shape index (κ3) is 4.15. The first-order valence-electron chi connectivity index (χ1n) is 7.63. The average molecular weight is 349 g/mol. The van der Waals surface area contributed by atoms with Crippen molar-refractivity contribution in [2.24, 2.45) is 11.8 Å². The van der Waals surface area contributed by atoms with Crippen LogP contribution in [-0.2, 0) is 11.3 Å². The molecule has 1 amide bonds. The molecule has 2 aliphatic heterocycles. The fourth-order valence-electron chi connectivity index (χ4n) is 3.53.